The third-order valence-corrected chi connectivity index (χ3v) is 9.05. The molecule has 8 nitrogen and oxygen atoms in total. The van der Waals surface area contributed by atoms with Gasteiger partial charge >= 0.3 is 0 Å². The van der Waals surface area contributed by atoms with E-state index in [9.17, 15) is 9.59 Å². The maximum absolute atomic E-state index is 13.3. The number of likely N-dealkylation sites (tertiary alicyclic amines) is 1. The number of nitrogens with one attached hydrogen (secondary N) is 3. The van der Waals surface area contributed by atoms with Gasteiger partial charge in [-0.25, -0.2) is 0 Å². The van der Waals surface area contributed by atoms with Gasteiger partial charge in [0.2, 0.25) is 11.8 Å². The summed E-state index contributed by atoms with van der Waals surface area (Å²) in [6, 6.07) is -0.0629. The van der Waals surface area contributed by atoms with E-state index in [0.717, 1.165) is 43.6 Å². The largest absolute Gasteiger partial charge is 0.392 e. The van der Waals surface area contributed by atoms with E-state index in [0.29, 0.717) is 24.3 Å². The van der Waals surface area contributed by atoms with Crippen LogP contribution in [0.3, 0.4) is 0 Å². The fourth-order valence-corrected chi connectivity index (χ4v) is 6.34. The summed E-state index contributed by atoms with van der Waals surface area (Å²) in [4.78, 5) is 30.2. The Morgan fingerprint density at radius 2 is 1.74 bits per heavy atom. The molecular weight excluding hydrogens is 490 g/mol. The molecular formula is C31H59N5O3. The van der Waals surface area contributed by atoms with E-state index in [-0.39, 0.29) is 48.4 Å². The van der Waals surface area contributed by atoms with Crippen LogP contribution < -0.4 is 16.0 Å². The first kappa shape index (κ1) is 35.0. The first-order chi connectivity index (χ1) is 18.4. The van der Waals surface area contributed by atoms with Crippen LogP contribution in [0, 0.1) is 23.7 Å². The normalized spacial score (nSPS) is 20.1. The summed E-state index contributed by atoms with van der Waals surface area (Å²) >= 11 is 0. The highest BCUT2D eigenvalue weighted by Crippen LogP contribution is 2.36. The molecule has 0 aromatic rings. The van der Waals surface area contributed by atoms with E-state index < -0.39 is 0 Å². The molecule has 3 N–H and O–H groups in total. The molecule has 0 radical (unpaired) electrons. The van der Waals surface area contributed by atoms with Crippen molar-refractivity contribution in [1.29, 1.82) is 0 Å². The molecule has 1 unspecified atom stereocenters. The van der Waals surface area contributed by atoms with Crippen LogP contribution in [0.2, 0.25) is 0 Å². The lowest BCUT2D eigenvalue weighted by Crippen LogP contribution is -2.54. The zero-order valence-corrected chi connectivity index (χ0v) is 26.6. The molecule has 0 aromatic carbocycles. The number of carbonyl (C=O) groups excluding carboxylic acids is 2. The van der Waals surface area contributed by atoms with Crippen LogP contribution >= 0.6 is 0 Å². The predicted octanol–water partition coefficient (Wildman–Crippen LogP) is 4.00. The fourth-order valence-electron chi connectivity index (χ4n) is 6.34. The van der Waals surface area contributed by atoms with Gasteiger partial charge in [0.15, 0.2) is 0 Å². The number of ether oxygens (including phenoxy) is 1. The second-order valence-corrected chi connectivity index (χ2v) is 11.7. The fraction of sp³-hybridized carbons (Fsp3) is 0.806. The number of methoxy groups -OCH3 is 1. The standard InChI is InChI=1S/C31H59N5O3/c1-13-21(5)30(35(11)28(37)19-34-31(38)29(33-10)20(3)4)27(39-12)18-22(6)36-17-15-16-26(36)25(14-2)23(7)24(8)32-9/h20-21,23,25-27,29-30,32-33H,6,8,13-19H2,1-5,7,9-12H3,(H,34,38)/t21-,23-,25+,26-,27+,29?,30-/m0/s1. The molecule has 0 spiro atoms. The van der Waals surface area contributed by atoms with Crippen LogP contribution in [-0.2, 0) is 14.3 Å². The summed E-state index contributed by atoms with van der Waals surface area (Å²) < 4.78 is 6.07. The highest BCUT2D eigenvalue weighted by Gasteiger charge is 2.38. The number of hydrogen-bond donors (Lipinski definition) is 3. The van der Waals surface area contributed by atoms with Crippen molar-refractivity contribution in [3.63, 3.8) is 0 Å². The second kappa shape index (κ2) is 16.9. The Labute approximate surface area is 239 Å². The average molecular weight is 550 g/mol. The number of allylic oxidation sites excluding steroid dienone is 1. The third-order valence-electron chi connectivity index (χ3n) is 9.05. The zero-order chi connectivity index (χ0) is 29.9. The minimum absolute atomic E-state index is 0.0375. The van der Waals surface area contributed by atoms with Crippen molar-refractivity contribution in [3.8, 4) is 0 Å². The Hall–Kier alpha value is -2.06. The van der Waals surface area contributed by atoms with Gasteiger partial charge in [0.25, 0.3) is 0 Å². The SMILES string of the molecule is C=C(NC)[C@H](C)[C@@H](CC)[C@@H]1CCCN1C(=C)C[C@@H](OC)[C@H]([C@@H](C)CC)N(C)C(=O)CNC(=O)C(NC)C(C)C. The summed E-state index contributed by atoms with van der Waals surface area (Å²) in [5.74, 6) is 0.902. The van der Waals surface area contributed by atoms with E-state index in [4.69, 9.17) is 4.74 Å². The molecule has 0 aromatic heterocycles. The van der Waals surface area contributed by atoms with Crippen molar-refractivity contribution in [2.45, 2.75) is 97.9 Å². The topological polar surface area (TPSA) is 85.9 Å². The molecule has 1 aliphatic heterocycles. The molecule has 0 saturated carbocycles. The molecule has 1 heterocycles. The number of amides is 2. The molecule has 226 valence electrons. The number of nitrogens with zero attached hydrogens (tertiary/aromatic N) is 2. The van der Waals surface area contributed by atoms with E-state index in [2.05, 4.69) is 61.7 Å². The van der Waals surface area contributed by atoms with Crippen molar-refractivity contribution in [2.75, 3.05) is 41.3 Å². The van der Waals surface area contributed by atoms with E-state index in [1.165, 1.54) is 0 Å². The molecule has 2 amide bonds. The van der Waals surface area contributed by atoms with Crippen molar-refractivity contribution in [3.05, 3.63) is 24.6 Å². The van der Waals surface area contributed by atoms with Gasteiger partial charge in [-0.15, -0.1) is 0 Å². The molecule has 1 aliphatic rings. The minimum atomic E-state index is -0.336. The van der Waals surface area contributed by atoms with Crippen LogP contribution in [0.4, 0.5) is 0 Å². The van der Waals surface area contributed by atoms with Crippen molar-refractivity contribution >= 4 is 11.8 Å². The Morgan fingerprint density at radius 1 is 1.10 bits per heavy atom. The van der Waals surface area contributed by atoms with Crippen LogP contribution in [0.5, 0.6) is 0 Å². The number of rotatable bonds is 18. The number of likely N-dealkylation sites (N-methyl/N-ethyl adjacent to an activating group) is 2. The molecule has 39 heavy (non-hydrogen) atoms. The van der Waals surface area contributed by atoms with Gasteiger partial charge in [-0.05, 0) is 43.6 Å². The van der Waals surface area contributed by atoms with Crippen LogP contribution in [0.15, 0.2) is 24.6 Å². The molecule has 1 fully saturated rings. The lowest BCUT2D eigenvalue weighted by atomic mass is 9.82. The third kappa shape index (κ3) is 9.24. The summed E-state index contributed by atoms with van der Waals surface area (Å²) in [6.07, 6.45) is 4.72. The monoisotopic (exact) mass is 549 g/mol. The van der Waals surface area contributed by atoms with Crippen molar-refractivity contribution < 1.29 is 14.3 Å². The molecule has 0 aliphatic carbocycles. The van der Waals surface area contributed by atoms with Gasteiger partial charge in [0.05, 0.1) is 24.7 Å². The average Bonchev–Trinajstić information content (AvgIpc) is 3.40. The maximum atomic E-state index is 13.3. The Bertz CT molecular complexity index is 801. The van der Waals surface area contributed by atoms with Crippen LogP contribution in [0.25, 0.3) is 0 Å². The van der Waals surface area contributed by atoms with Gasteiger partial charge < -0.3 is 30.5 Å². The number of hydrogen-bond acceptors (Lipinski definition) is 6. The quantitative estimate of drug-likeness (QED) is 0.240. The van der Waals surface area contributed by atoms with Crippen LogP contribution in [-0.4, -0.2) is 87.2 Å². The van der Waals surface area contributed by atoms with Gasteiger partial charge in [-0.3, -0.25) is 9.59 Å². The lowest BCUT2D eigenvalue weighted by molar-refractivity contribution is -0.138. The first-order valence-corrected chi connectivity index (χ1v) is 14.9. The van der Waals surface area contributed by atoms with Gasteiger partial charge in [0.1, 0.15) is 0 Å². The van der Waals surface area contributed by atoms with E-state index in [1.54, 1.807) is 19.1 Å². The maximum Gasteiger partial charge on any atom is 0.242 e. The van der Waals surface area contributed by atoms with Gasteiger partial charge in [-0.2, -0.15) is 0 Å². The predicted molar refractivity (Wildman–Crippen MR) is 162 cm³/mol. The number of carbonyl (C=O) groups is 2. The zero-order valence-electron chi connectivity index (χ0n) is 26.6. The Morgan fingerprint density at radius 3 is 2.23 bits per heavy atom. The Balaban J connectivity index is 3.04. The molecule has 7 atom stereocenters. The van der Waals surface area contributed by atoms with Crippen molar-refractivity contribution in [1.82, 2.24) is 25.8 Å². The lowest BCUT2D eigenvalue weighted by Gasteiger charge is -2.41. The van der Waals surface area contributed by atoms with Crippen molar-refractivity contribution in [2.24, 2.45) is 23.7 Å². The van der Waals surface area contributed by atoms with E-state index in [1.807, 2.05) is 27.9 Å². The van der Waals surface area contributed by atoms with Gasteiger partial charge in [-0.1, -0.05) is 67.5 Å². The minimum Gasteiger partial charge on any atom is -0.392 e. The summed E-state index contributed by atoms with van der Waals surface area (Å²) in [5.41, 5.74) is 2.15. The Kier molecular flexibility index (Phi) is 15.2. The smallest absolute Gasteiger partial charge is 0.242 e. The summed E-state index contributed by atoms with van der Waals surface area (Å²) in [7, 11) is 7.26. The highest BCUT2D eigenvalue weighted by atomic mass is 16.5. The highest BCUT2D eigenvalue weighted by molar-refractivity contribution is 5.87. The second-order valence-electron chi connectivity index (χ2n) is 11.7. The molecule has 1 rings (SSSR count). The molecule has 1 saturated heterocycles. The first-order valence-electron chi connectivity index (χ1n) is 14.9. The summed E-state index contributed by atoms with van der Waals surface area (Å²) in [5, 5.41) is 9.11. The van der Waals surface area contributed by atoms with E-state index >= 15 is 0 Å². The summed E-state index contributed by atoms with van der Waals surface area (Å²) in [6.45, 7) is 22.5. The van der Waals surface area contributed by atoms with Crippen LogP contribution in [0.1, 0.15) is 73.6 Å². The molecule has 0 bridgehead atoms. The van der Waals surface area contributed by atoms with Gasteiger partial charge in [0, 0.05) is 51.6 Å². The molecule has 8 heteroatoms.